The molecule has 0 saturated carbocycles. The van der Waals surface area contributed by atoms with Crippen molar-refractivity contribution in [2.75, 3.05) is 13.1 Å². The molecule has 0 radical (unpaired) electrons. The number of benzene rings is 1. The van der Waals surface area contributed by atoms with Crippen molar-refractivity contribution >= 4 is 11.4 Å². The van der Waals surface area contributed by atoms with Crippen LogP contribution < -0.4 is 10.1 Å². The van der Waals surface area contributed by atoms with Crippen molar-refractivity contribution in [3.63, 3.8) is 0 Å². The lowest BCUT2D eigenvalue weighted by Gasteiger charge is -2.29. The van der Waals surface area contributed by atoms with Gasteiger partial charge in [-0.15, -0.1) is 0 Å². The second-order valence-electron chi connectivity index (χ2n) is 4.79. The van der Waals surface area contributed by atoms with Crippen LogP contribution in [0.3, 0.4) is 0 Å². The summed E-state index contributed by atoms with van der Waals surface area (Å²) in [6, 6.07) is 3.43. The molecule has 1 N–H and O–H groups in total. The van der Waals surface area contributed by atoms with E-state index >= 15 is 0 Å². The quantitative estimate of drug-likeness (QED) is 0.666. The average Bonchev–Trinajstić information content (AvgIpc) is 2.41. The highest BCUT2D eigenvalue weighted by atomic mass is 16.6. The first-order valence-corrected chi connectivity index (χ1v) is 6.29. The van der Waals surface area contributed by atoms with Crippen molar-refractivity contribution < 1.29 is 14.6 Å². The number of hydrogen-bond donors (Lipinski definition) is 1. The number of hydrogen-bond acceptors (Lipinski definition) is 6. The van der Waals surface area contributed by atoms with Gasteiger partial charge in [-0.05, 0) is 24.9 Å². The second-order valence-corrected chi connectivity index (χ2v) is 4.79. The monoisotopic (exact) mass is 281 g/mol. The molecule has 1 fully saturated rings. The van der Waals surface area contributed by atoms with Gasteiger partial charge >= 0.3 is 5.69 Å². The van der Waals surface area contributed by atoms with Crippen LogP contribution in [-0.2, 0) is 0 Å². The molecule has 0 bridgehead atoms. The van der Waals surface area contributed by atoms with Gasteiger partial charge in [0.15, 0.2) is 5.75 Å². The van der Waals surface area contributed by atoms with Gasteiger partial charge in [0.05, 0.1) is 15.9 Å². The Labute approximate surface area is 115 Å². The van der Waals surface area contributed by atoms with E-state index < -0.39 is 9.85 Å². The van der Waals surface area contributed by atoms with Crippen LogP contribution in [0.25, 0.3) is 0 Å². The fraction of sp³-hybridized carbons (Fsp3) is 0.500. The first kappa shape index (κ1) is 14.2. The fourth-order valence-corrected chi connectivity index (χ4v) is 2.14. The smallest absolute Gasteiger partial charge is 0.317 e. The van der Waals surface area contributed by atoms with Crippen molar-refractivity contribution in [1.82, 2.24) is 5.32 Å². The van der Waals surface area contributed by atoms with Gasteiger partial charge in [0, 0.05) is 12.6 Å². The third kappa shape index (κ3) is 3.02. The number of nitro benzene ring substituents is 2. The zero-order valence-corrected chi connectivity index (χ0v) is 10.9. The van der Waals surface area contributed by atoms with Crippen LogP contribution in [-0.4, -0.2) is 29.0 Å². The standard InChI is InChI=1S/C12H15N3O5/c1-8-4-5-13-7-12(8)20-11-3-2-9(14(16)17)6-10(11)15(18)19/h2-3,6,8,12-13H,4-5,7H2,1H3. The summed E-state index contributed by atoms with van der Waals surface area (Å²) in [5.74, 6) is 0.340. The lowest BCUT2D eigenvalue weighted by atomic mass is 9.97. The number of piperidine rings is 1. The summed E-state index contributed by atoms with van der Waals surface area (Å²) >= 11 is 0. The predicted octanol–water partition coefficient (Wildman–Crippen LogP) is 1.88. The molecule has 0 spiro atoms. The summed E-state index contributed by atoms with van der Waals surface area (Å²) in [4.78, 5) is 20.3. The van der Waals surface area contributed by atoms with Crippen LogP contribution in [0.15, 0.2) is 18.2 Å². The number of ether oxygens (including phenoxy) is 1. The van der Waals surface area contributed by atoms with E-state index in [2.05, 4.69) is 5.32 Å². The Kier molecular flexibility index (Phi) is 4.14. The molecule has 1 heterocycles. The first-order chi connectivity index (χ1) is 9.49. The van der Waals surface area contributed by atoms with Gasteiger partial charge in [0.25, 0.3) is 5.69 Å². The normalized spacial score (nSPS) is 22.2. The van der Waals surface area contributed by atoms with Gasteiger partial charge in [-0.3, -0.25) is 20.2 Å². The molecule has 8 nitrogen and oxygen atoms in total. The first-order valence-electron chi connectivity index (χ1n) is 6.29. The SMILES string of the molecule is CC1CCNCC1Oc1ccc([N+](=O)[O-])cc1[N+](=O)[O-]. The molecular formula is C12H15N3O5. The van der Waals surface area contributed by atoms with E-state index in [1.807, 2.05) is 6.92 Å². The van der Waals surface area contributed by atoms with Crippen molar-refractivity contribution in [2.24, 2.45) is 5.92 Å². The molecule has 8 heteroatoms. The van der Waals surface area contributed by atoms with E-state index in [4.69, 9.17) is 4.74 Å². The van der Waals surface area contributed by atoms with Crippen LogP contribution in [0.1, 0.15) is 13.3 Å². The van der Waals surface area contributed by atoms with Gasteiger partial charge in [0.1, 0.15) is 6.10 Å². The summed E-state index contributed by atoms with van der Waals surface area (Å²) in [6.45, 7) is 3.52. The van der Waals surface area contributed by atoms with Crippen LogP contribution in [0.5, 0.6) is 5.75 Å². The van der Waals surface area contributed by atoms with Crippen molar-refractivity contribution in [1.29, 1.82) is 0 Å². The van der Waals surface area contributed by atoms with Gasteiger partial charge in [0.2, 0.25) is 0 Å². The Hall–Kier alpha value is -2.22. The molecule has 2 rings (SSSR count). The van der Waals surface area contributed by atoms with Gasteiger partial charge < -0.3 is 10.1 Å². The minimum atomic E-state index is -0.665. The number of nitrogens with one attached hydrogen (secondary N) is 1. The van der Waals surface area contributed by atoms with E-state index in [1.165, 1.54) is 12.1 Å². The molecular weight excluding hydrogens is 266 g/mol. The molecule has 2 unspecified atom stereocenters. The summed E-state index contributed by atoms with van der Waals surface area (Å²) < 4.78 is 5.67. The summed E-state index contributed by atoms with van der Waals surface area (Å²) in [5, 5.41) is 24.8. The van der Waals surface area contributed by atoms with E-state index in [0.717, 1.165) is 19.0 Å². The van der Waals surface area contributed by atoms with Gasteiger partial charge in [-0.25, -0.2) is 0 Å². The molecule has 0 amide bonds. The molecule has 1 aromatic carbocycles. The maximum Gasteiger partial charge on any atom is 0.317 e. The van der Waals surface area contributed by atoms with E-state index in [-0.39, 0.29) is 29.1 Å². The Morgan fingerprint density at radius 3 is 2.65 bits per heavy atom. The van der Waals surface area contributed by atoms with Crippen molar-refractivity contribution in [3.05, 3.63) is 38.4 Å². The highest BCUT2D eigenvalue weighted by Gasteiger charge is 2.27. The lowest BCUT2D eigenvalue weighted by molar-refractivity contribution is -0.394. The predicted molar refractivity (Wildman–Crippen MR) is 70.8 cm³/mol. The highest BCUT2D eigenvalue weighted by Crippen LogP contribution is 2.33. The summed E-state index contributed by atoms with van der Waals surface area (Å²) in [7, 11) is 0. The summed E-state index contributed by atoms with van der Waals surface area (Å²) in [5.41, 5.74) is -0.698. The molecule has 1 saturated heterocycles. The Morgan fingerprint density at radius 2 is 2.05 bits per heavy atom. The molecule has 1 aromatic rings. The molecule has 1 aliphatic heterocycles. The van der Waals surface area contributed by atoms with Crippen molar-refractivity contribution in [2.45, 2.75) is 19.4 Å². The number of rotatable bonds is 4. The Bertz CT molecular complexity index is 534. The maximum absolute atomic E-state index is 11.0. The van der Waals surface area contributed by atoms with E-state index in [9.17, 15) is 20.2 Å². The zero-order valence-electron chi connectivity index (χ0n) is 10.9. The molecule has 1 aliphatic rings. The van der Waals surface area contributed by atoms with Gasteiger partial charge in [-0.2, -0.15) is 0 Å². The van der Waals surface area contributed by atoms with Crippen molar-refractivity contribution in [3.8, 4) is 5.75 Å². The fourth-order valence-electron chi connectivity index (χ4n) is 2.14. The minimum absolute atomic E-state index is 0.0705. The largest absolute Gasteiger partial charge is 0.482 e. The van der Waals surface area contributed by atoms with Crippen LogP contribution in [0.4, 0.5) is 11.4 Å². The van der Waals surface area contributed by atoms with Gasteiger partial charge in [-0.1, -0.05) is 6.92 Å². The third-order valence-corrected chi connectivity index (χ3v) is 3.39. The summed E-state index contributed by atoms with van der Waals surface area (Å²) in [6.07, 6.45) is 0.745. The maximum atomic E-state index is 11.0. The number of nitrogens with zero attached hydrogens (tertiary/aromatic N) is 2. The lowest BCUT2D eigenvalue weighted by Crippen LogP contribution is -2.42. The molecule has 20 heavy (non-hydrogen) atoms. The van der Waals surface area contributed by atoms with Crippen LogP contribution in [0, 0.1) is 26.1 Å². The molecule has 0 aromatic heterocycles. The molecule has 0 aliphatic carbocycles. The number of non-ortho nitro benzene ring substituents is 1. The topological polar surface area (TPSA) is 108 Å². The Balaban J connectivity index is 2.26. The molecule has 108 valence electrons. The van der Waals surface area contributed by atoms with E-state index in [0.29, 0.717) is 6.54 Å². The van der Waals surface area contributed by atoms with Crippen LogP contribution in [0.2, 0.25) is 0 Å². The molecule has 2 atom stereocenters. The highest BCUT2D eigenvalue weighted by molar-refractivity contribution is 5.53. The zero-order chi connectivity index (χ0) is 14.7. The Morgan fingerprint density at radius 1 is 1.30 bits per heavy atom. The van der Waals surface area contributed by atoms with E-state index in [1.54, 1.807) is 0 Å². The van der Waals surface area contributed by atoms with Crippen LogP contribution >= 0.6 is 0 Å². The second kappa shape index (κ2) is 5.83. The number of nitro groups is 2. The average molecular weight is 281 g/mol. The minimum Gasteiger partial charge on any atom is -0.482 e. The third-order valence-electron chi connectivity index (χ3n) is 3.39.